The van der Waals surface area contributed by atoms with Crippen molar-refractivity contribution < 1.29 is 0 Å². The third kappa shape index (κ3) is 4.88. The van der Waals surface area contributed by atoms with Gasteiger partial charge >= 0.3 is 0 Å². The Labute approximate surface area is 105 Å². The van der Waals surface area contributed by atoms with E-state index in [2.05, 4.69) is 53.9 Å². The standard InChI is InChI=1S/C13H26N4/c1-5-7-14-8-9-16(4)11-13-10-12(3)15-17(13)6-2/h10,14H,5-9,11H2,1-4H3. The Balaban J connectivity index is 2.36. The summed E-state index contributed by atoms with van der Waals surface area (Å²) >= 11 is 0. The van der Waals surface area contributed by atoms with Gasteiger partial charge in [0.25, 0.3) is 0 Å². The topological polar surface area (TPSA) is 33.1 Å². The van der Waals surface area contributed by atoms with Crippen molar-refractivity contribution in [2.45, 2.75) is 40.3 Å². The largest absolute Gasteiger partial charge is 0.315 e. The van der Waals surface area contributed by atoms with E-state index in [1.165, 1.54) is 12.1 Å². The van der Waals surface area contributed by atoms with Gasteiger partial charge in [-0.15, -0.1) is 0 Å². The first-order valence-electron chi connectivity index (χ1n) is 6.60. The van der Waals surface area contributed by atoms with Crippen molar-refractivity contribution >= 4 is 0 Å². The van der Waals surface area contributed by atoms with E-state index in [0.29, 0.717) is 0 Å². The second-order valence-corrected chi connectivity index (χ2v) is 4.58. The Hall–Kier alpha value is -0.870. The van der Waals surface area contributed by atoms with Crippen LogP contribution < -0.4 is 5.32 Å². The number of hydrogen-bond acceptors (Lipinski definition) is 3. The molecule has 0 aromatic carbocycles. The molecule has 1 aromatic heterocycles. The first kappa shape index (κ1) is 14.2. The molecule has 1 rings (SSSR count). The number of nitrogens with one attached hydrogen (secondary N) is 1. The lowest BCUT2D eigenvalue weighted by atomic mass is 10.3. The molecule has 0 saturated carbocycles. The van der Waals surface area contributed by atoms with Crippen LogP contribution in [0.15, 0.2) is 6.07 Å². The highest BCUT2D eigenvalue weighted by molar-refractivity contribution is 5.08. The van der Waals surface area contributed by atoms with E-state index in [0.717, 1.165) is 38.4 Å². The molecule has 0 atom stereocenters. The van der Waals surface area contributed by atoms with Gasteiger partial charge in [-0.2, -0.15) is 5.10 Å². The van der Waals surface area contributed by atoms with Gasteiger partial charge in [-0.3, -0.25) is 9.58 Å². The van der Waals surface area contributed by atoms with E-state index in [1.54, 1.807) is 0 Å². The molecule has 1 N–H and O–H groups in total. The Morgan fingerprint density at radius 3 is 2.76 bits per heavy atom. The molecule has 0 saturated heterocycles. The van der Waals surface area contributed by atoms with Crippen LogP contribution in [0, 0.1) is 6.92 Å². The van der Waals surface area contributed by atoms with E-state index >= 15 is 0 Å². The van der Waals surface area contributed by atoms with Gasteiger partial charge in [0.1, 0.15) is 0 Å². The molecular weight excluding hydrogens is 212 g/mol. The monoisotopic (exact) mass is 238 g/mol. The van der Waals surface area contributed by atoms with E-state index in [-0.39, 0.29) is 0 Å². The SMILES string of the molecule is CCCNCCN(C)Cc1cc(C)nn1CC. The average Bonchev–Trinajstić information content (AvgIpc) is 2.65. The highest BCUT2D eigenvalue weighted by atomic mass is 15.3. The molecule has 1 heterocycles. The fraction of sp³-hybridized carbons (Fsp3) is 0.769. The van der Waals surface area contributed by atoms with Crippen LogP contribution in [0.5, 0.6) is 0 Å². The van der Waals surface area contributed by atoms with Gasteiger partial charge in [0.2, 0.25) is 0 Å². The maximum Gasteiger partial charge on any atom is 0.0597 e. The maximum atomic E-state index is 4.47. The fourth-order valence-corrected chi connectivity index (χ4v) is 1.93. The summed E-state index contributed by atoms with van der Waals surface area (Å²) in [5.74, 6) is 0. The normalized spacial score (nSPS) is 11.4. The molecule has 1 aromatic rings. The van der Waals surface area contributed by atoms with Crippen molar-refractivity contribution in [3.8, 4) is 0 Å². The molecule has 0 aliphatic heterocycles. The molecule has 0 fully saturated rings. The van der Waals surface area contributed by atoms with Crippen LogP contribution in [0.4, 0.5) is 0 Å². The second kappa shape index (κ2) is 7.45. The van der Waals surface area contributed by atoms with Crippen LogP contribution in [0.3, 0.4) is 0 Å². The molecule has 0 unspecified atom stereocenters. The smallest absolute Gasteiger partial charge is 0.0597 e. The number of nitrogens with zero attached hydrogens (tertiary/aromatic N) is 3. The zero-order valence-corrected chi connectivity index (χ0v) is 11.7. The van der Waals surface area contributed by atoms with Crippen LogP contribution in [-0.4, -0.2) is 41.4 Å². The van der Waals surface area contributed by atoms with Gasteiger partial charge in [-0.25, -0.2) is 0 Å². The third-order valence-corrected chi connectivity index (χ3v) is 2.81. The summed E-state index contributed by atoms with van der Waals surface area (Å²) < 4.78 is 2.09. The van der Waals surface area contributed by atoms with Gasteiger partial charge in [0.05, 0.1) is 11.4 Å². The van der Waals surface area contributed by atoms with Crippen molar-refractivity contribution in [1.82, 2.24) is 20.0 Å². The van der Waals surface area contributed by atoms with Gasteiger partial charge in [-0.1, -0.05) is 6.92 Å². The van der Waals surface area contributed by atoms with Gasteiger partial charge in [0, 0.05) is 26.2 Å². The summed E-state index contributed by atoms with van der Waals surface area (Å²) in [6, 6.07) is 2.18. The van der Waals surface area contributed by atoms with Gasteiger partial charge in [0.15, 0.2) is 0 Å². The molecule has 0 aliphatic carbocycles. The molecule has 0 bridgehead atoms. The Kier molecular flexibility index (Phi) is 6.22. The summed E-state index contributed by atoms with van der Waals surface area (Å²) in [5.41, 5.74) is 2.42. The molecule has 4 nitrogen and oxygen atoms in total. The molecule has 0 spiro atoms. The molecule has 0 radical (unpaired) electrons. The van der Waals surface area contributed by atoms with E-state index < -0.39 is 0 Å². The average molecular weight is 238 g/mol. The second-order valence-electron chi connectivity index (χ2n) is 4.58. The predicted molar refractivity (Wildman–Crippen MR) is 72.1 cm³/mol. The summed E-state index contributed by atoms with van der Waals surface area (Å²) in [6.45, 7) is 11.6. The minimum Gasteiger partial charge on any atom is -0.315 e. The minimum atomic E-state index is 0.950. The predicted octanol–water partition coefficient (Wildman–Crippen LogP) is 1.64. The summed E-state index contributed by atoms with van der Waals surface area (Å²) in [6.07, 6.45) is 1.20. The first-order valence-corrected chi connectivity index (χ1v) is 6.60. The zero-order valence-electron chi connectivity index (χ0n) is 11.7. The third-order valence-electron chi connectivity index (χ3n) is 2.81. The lowest BCUT2D eigenvalue weighted by Gasteiger charge is -2.17. The number of aryl methyl sites for hydroxylation is 2. The van der Waals surface area contributed by atoms with Crippen LogP contribution in [0.2, 0.25) is 0 Å². The summed E-state index contributed by atoms with van der Waals surface area (Å²) in [5, 5.41) is 7.89. The number of aromatic nitrogens is 2. The molecule has 0 amide bonds. The Morgan fingerprint density at radius 2 is 2.12 bits per heavy atom. The van der Waals surface area contributed by atoms with Crippen molar-refractivity contribution in [3.63, 3.8) is 0 Å². The molecule has 4 heteroatoms. The fourth-order valence-electron chi connectivity index (χ4n) is 1.93. The van der Waals surface area contributed by atoms with Crippen LogP contribution in [-0.2, 0) is 13.1 Å². The number of rotatable bonds is 8. The molecule has 98 valence electrons. The van der Waals surface area contributed by atoms with Crippen LogP contribution in [0.1, 0.15) is 31.7 Å². The summed E-state index contributed by atoms with van der Waals surface area (Å²) in [7, 11) is 2.16. The summed E-state index contributed by atoms with van der Waals surface area (Å²) in [4.78, 5) is 2.34. The Bertz CT molecular complexity index is 319. The van der Waals surface area contributed by atoms with Crippen molar-refractivity contribution in [1.29, 1.82) is 0 Å². The van der Waals surface area contributed by atoms with Gasteiger partial charge < -0.3 is 5.32 Å². The lowest BCUT2D eigenvalue weighted by molar-refractivity contribution is 0.313. The Morgan fingerprint density at radius 1 is 1.35 bits per heavy atom. The lowest BCUT2D eigenvalue weighted by Crippen LogP contribution is -2.30. The van der Waals surface area contributed by atoms with E-state index in [1.807, 2.05) is 0 Å². The molecule has 17 heavy (non-hydrogen) atoms. The van der Waals surface area contributed by atoms with E-state index in [9.17, 15) is 0 Å². The van der Waals surface area contributed by atoms with Crippen molar-refractivity contribution in [2.24, 2.45) is 0 Å². The maximum absolute atomic E-state index is 4.47. The van der Waals surface area contributed by atoms with Crippen LogP contribution in [0.25, 0.3) is 0 Å². The number of hydrogen-bond donors (Lipinski definition) is 1. The minimum absolute atomic E-state index is 0.950. The van der Waals surface area contributed by atoms with Crippen molar-refractivity contribution in [3.05, 3.63) is 17.5 Å². The first-order chi connectivity index (χ1) is 8.17. The van der Waals surface area contributed by atoms with Gasteiger partial charge in [-0.05, 0) is 39.9 Å². The quantitative estimate of drug-likeness (QED) is 0.699. The highest BCUT2D eigenvalue weighted by Crippen LogP contribution is 2.06. The number of likely N-dealkylation sites (N-methyl/N-ethyl adjacent to an activating group) is 1. The van der Waals surface area contributed by atoms with Crippen molar-refractivity contribution in [2.75, 3.05) is 26.7 Å². The highest BCUT2D eigenvalue weighted by Gasteiger charge is 2.06. The van der Waals surface area contributed by atoms with E-state index in [4.69, 9.17) is 0 Å². The zero-order chi connectivity index (χ0) is 12.7. The molecule has 0 aliphatic rings. The van der Waals surface area contributed by atoms with Crippen LogP contribution >= 0.6 is 0 Å². The molecular formula is C13H26N4.